The van der Waals surface area contributed by atoms with Crippen LogP contribution in [0.3, 0.4) is 0 Å². The lowest BCUT2D eigenvalue weighted by Gasteiger charge is -2.47. The molecule has 27 heavy (non-hydrogen) atoms. The topological polar surface area (TPSA) is 84.7 Å². The number of nitro benzene ring substituents is 1. The zero-order valence-corrected chi connectivity index (χ0v) is 15.1. The van der Waals surface area contributed by atoms with Crippen LogP contribution in [0, 0.1) is 10.1 Å². The summed E-state index contributed by atoms with van der Waals surface area (Å²) in [4.78, 5) is 25.9. The van der Waals surface area contributed by atoms with Crippen LogP contribution in [0.4, 0.5) is 11.4 Å². The first-order chi connectivity index (χ1) is 13.0. The van der Waals surface area contributed by atoms with Gasteiger partial charge in [-0.2, -0.15) is 0 Å². The number of rotatable bonds is 4. The van der Waals surface area contributed by atoms with Crippen LogP contribution < -0.4 is 5.32 Å². The molecule has 0 bridgehead atoms. The van der Waals surface area contributed by atoms with Gasteiger partial charge >= 0.3 is 0 Å². The molecule has 2 unspecified atom stereocenters. The maximum Gasteiger partial charge on any atom is 0.269 e. The van der Waals surface area contributed by atoms with E-state index in [1.165, 1.54) is 12.1 Å². The molecule has 1 fully saturated rings. The maximum atomic E-state index is 13.3. The van der Waals surface area contributed by atoms with Crippen molar-refractivity contribution in [2.45, 2.75) is 31.5 Å². The minimum Gasteiger partial charge on any atom is -0.376 e. The molecule has 2 atom stereocenters. The van der Waals surface area contributed by atoms with Gasteiger partial charge in [-0.1, -0.05) is 24.3 Å². The Morgan fingerprint density at radius 3 is 2.85 bits per heavy atom. The maximum absolute atomic E-state index is 13.3. The highest BCUT2D eigenvalue weighted by atomic mass is 16.6. The molecule has 7 heteroatoms. The zero-order valence-electron chi connectivity index (χ0n) is 15.1. The highest BCUT2D eigenvalue weighted by molar-refractivity contribution is 6.02. The predicted molar refractivity (Wildman–Crippen MR) is 101 cm³/mol. The van der Waals surface area contributed by atoms with Crippen LogP contribution in [-0.4, -0.2) is 35.0 Å². The molecule has 1 saturated heterocycles. The average Bonchev–Trinajstić information content (AvgIpc) is 3.18. The van der Waals surface area contributed by atoms with E-state index in [4.69, 9.17) is 4.74 Å². The number of nitrogens with zero attached hydrogens (tertiary/aromatic N) is 2. The minimum absolute atomic E-state index is 0.00102. The summed E-state index contributed by atoms with van der Waals surface area (Å²) in [5, 5.41) is 14.7. The van der Waals surface area contributed by atoms with Gasteiger partial charge in [0, 0.05) is 36.5 Å². The molecule has 2 aliphatic heterocycles. The Hall–Kier alpha value is -2.93. The molecule has 0 aromatic heterocycles. The number of hydrogen-bond acceptors (Lipinski definition) is 5. The molecule has 1 amide bonds. The first-order valence-corrected chi connectivity index (χ1v) is 9.05. The van der Waals surface area contributed by atoms with Crippen LogP contribution in [0.15, 0.2) is 48.5 Å². The Bertz CT molecular complexity index is 894. The Labute approximate surface area is 157 Å². The Morgan fingerprint density at radius 1 is 1.30 bits per heavy atom. The molecular formula is C20H21N3O4. The number of nitro groups is 1. The fraction of sp³-hybridized carbons (Fsp3) is 0.350. The van der Waals surface area contributed by atoms with Crippen molar-refractivity contribution >= 4 is 17.3 Å². The molecule has 4 rings (SSSR count). The number of fused-ring (bicyclic) bond motifs is 1. The summed E-state index contributed by atoms with van der Waals surface area (Å²) in [5.74, 6) is -0.103. The zero-order chi connectivity index (χ0) is 19.0. The molecule has 0 aliphatic carbocycles. The van der Waals surface area contributed by atoms with E-state index in [2.05, 4.69) is 5.32 Å². The lowest BCUT2D eigenvalue weighted by Crippen LogP contribution is -2.57. The van der Waals surface area contributed by atoms with E-state index in [9.17, 15) is 14.9 Å². The van der Waals surface area contributed by atoms with Gasteiger partial charge in [-0.05, 0) is 31.9 Å². The summed E-state index contributed by atoms with van der Waals surface area (Å²) < 4.78 is 5.75. The molecule has 0 spiro atoms. The van der Waals surface area contributed by atoms with Gasteiger partial charge in [-0.3, -0.25) is 14.9 Å². The average molecular weight is 367 g/mol. The van der Waals surface area contributed by atoms with Crippen molar-refractivity contribution in [3.8, 4) is 0 Å². The fourth-order valence-electron chi connectivity index (χ4n) is 3.86. The van der Waals surface area contributed by atoms with E-state index in [0.717, 1.165) is 18.5 Å². The van der Waals surface area contributed by atoms with Crippen molar-refractivity contribution in [3.05, 3.63) is 69.8 Å². The highest BCUT2D eigenvalue weighted by Crippen LogP contribution is 2.39. The van der Waals surface area contributed by atoms with Crippen molar-refractivity contribution in [3.63, 3.8) is 0 Å². The molecular weight excluding hydrogens is 346 g/mol. The van der Waals surface area contributed by atoms with Crippen molar-refractivity contribution in [2.24, 2.45) is 0 Å². The van der Waals surface area contributed by atoms with Crippen LogP contribution in [0.5, 0.6) is 0 Å². The molecule has 2 aromatic rings. The monoisotopic (exact) mass is 367 g/mol. The fourth-order valence-corrected chi connectivity index (χ4v) is 3.86. The summed E-state index contributed by atoms with van der Waals surface area (Å²) in [6.07, 6.45) is 1.85. The van der Waals surface area contributed by atoms with Crippen LogP contribution in [0.25, 0.3) is 0 Å². The van der Waals surface area contributed by atoms with E-state index in [1.54, 1.807) is 17.0 Å². The molecule has 2 aromatic carbocycles. The quantitative estimate of drug-likeness (QED) is 0.660. The van der Waals surface area contributed by atoms with Crippen LogP contribution in [0.2, 0.25) is 0 Å². The van der Waals surface area contributed by atoms with E-state index in [1.807, 2.05) is 31.2 Å². The van der Waals surface area contributed by atoms with Gasteiger partial charge in [0.15, 0.2) is 0 Å². The second-order valence-electron chi connectivity index (χ2n) is 7.10. The first kappa shape index (κ1) is 17.5. The summed E-state index contributed by atoms with van der Waals surface area (Å²) in [7, 11) is 0. The number of ether oxygens (including phenoxy) is 1. The van der Waals surface area contributed by atoms with Gasteiger partial charge < -0.3 is 15.0 Å². The molecule has 2 aliphatic rings. The molecule has 140 valence electrons. The van der Waals surface area contributed by atoms with Gasteiger partial charge in [-0.25, -0.2) is 0 Å². The summed E-state index contributed by atoms with van der Waals surface area (Å²) >= 11 is 0. The number of non-ortho nitro benzene ring substituents is 1. The second kappa shape index (κ2) is 6.66. The number of anilines is 1. The van der Waals surface area contributed by atoms with E-state index in [0.29, 0.717) is 24.3 Å². The Balaban J connectivity index is 1.80. The van der Waals surface area contributed by atoms with Gasteiger partial charge in [0.2, 0.25) is 0 Å². The van der Waals surface area contributed by atoms with E-state index < -0.39 is 10.6 Å². The summed E-state index contributed by atoms with van der Waals surface area (Å²) in [6, 6.07) is 13.8. The predicted octanol–water partition coefficient (Wildman–Crippen LogP) is 3.51. The number of nitrogens with one attached hydrogen (secondary N) is 1. The van der Waals surface area contributed by atoms with Gasteiger partial charge in [0.1, 0.15) is 5.66 Å². The van der Waals surface area contributed by atoms with Crippen molar-refractivity contribution in [1.29, 1.82) is 0 Å². The molecule has 0 saturated carbocycles. The third-order valence-corrected chi connectivity index (χ3v) is 5.35. The number of amides is 1. The SMILES string of the molecule is CC1(c2cccc([N+](=O)[O-])c2)Nc2ccccc2C(=O)N1CC1CCCO1. The summed E-state index contributed by atoms with van der Waals surface area (Å²) in [5.41, 5.74) is 1.07. The molecule has 0 radical (unpaired) electrons. The number of carbonyl (C=O) groups excluding carboxylic acids is 1. The van der Waals surface area contributed by atoms with E-state index in [-0.39, 0.29) is 17.7 Å². The number of para-hydroxylation sites is 1. The van der Waals surface area contributed by atoms with Gasteiger partial charge in [0.25, 0.3) is 11.6 Å². The van der Waals surface area contributed by atoms with Crippen molar-refractivity contribution in [2.75, 3.05) is 18.5 Å². The van der Waals surface area contributed by atoms with E-state index >= 15 is 0 Å². The lowest BCUT2D eigenvalue weighted by molar-refractivity contribution is -0.385. The number of carbonyl (C=O) groups is 1. The normalized spacial score (nSPS) is 24.4. The number of benzene rings is 2. The Morgan fingerprint density at radius 2 is 2.11 bits per heavy atom. The van der Waals surface area contributed by atoms with Gasteiger partial charge in [0.05, 0.1) is 16.6 Å². The lowest BCUT2D eigenvalue weighted by atomic mass is 9.92. The van der Waals surface area contributed by atoms with Crippen LogP contribution in [0.1, 0.15) is 35.7 Å². The summed E-state index contributed by atoms with van der Waals surface area (Å²) in [6.45, 7) is 3.01. The standard InChI is InChI=1S/C20H21N3O4/c1-20(14-6-4-7-15(12-14)23(25)26)21-18-10-3-2-9-17(18)19(24)22(20)13-16-8-5-11-27-16/h2-4,6-7,9-10,12,16,21H,5,8,11,13H2,1H3. The molecule has 1 N–H and O–H groups in total. The third-order valence-electron chi connectivity index (χ3n) is 5.35. The van der Waals surface area contributed by atoms with Crippen molar-refractivity contribution in [1.82, 2.24) is 4.90 Å². The molecule has 7 nitrogen and oxygen atoms in total. The number of hydrogen-bond donors (Lipinski definition) is 1. The smallest absolute Gasteiger partial charge is 0.269 e. The first-order valence-electron chi connectivity index (χ1n) is 9.05. The van der Waals surface area contributed by atoms with Crippen LogP contribution in [-0.2, 0) is 10.4 Å². The largest absolute Gasteiger partial charge is 0.376 e. The van der Waals surface area contributed by atoms with Gasteiger partial charge in [-0.15, -0.1) is 0 Å². The highest BCUT2D eigenvalue weighted by Gasteiger charge is 2.44. The second-order valence-corrected chi connectivity index (χ2v) is 7.10. The van der Waals surface area contributed by atoms with Crippen LogP contribution >= 0.6 is 0 Å². The molecule has 2 heterocycles. The third kappa shape index (κ3) is 3.04. The van der Waals surface area contributed by atoms with Crippen molar-refractivity contribution < 1.29 is 14.5 Å². The minimum atomic E-state index is -0.913. The Kier molecular flexibility index (Phi) is 4.31.